The molecule has 1 spiro atoms. The second-order valence-electron chi connectivity index (χ2n) is 19.2. The fraction of sp³-hybridized carbons (Fsp3) is 0.250. The average Bonchev–Trinajstić information content (AvgIpc) is 3.76. The highest BCUT2D eigenvalue weighted by atomic mass is 15.1. The minimum atomic E-state index is -0.474. The summed E-state index contributed by atoms with van der Waals surface area (Å²) >= 11 is 0. The lowest BCUT2D eigenvalue weighted by Crippen LogP contribution is -2.27. The molecule has 0 bridgehead atoms. The van der Waals surface area contributed by atoms with Gasteiger partial charge in [-0.2, -0.15) is 0 Å². The number of hydrogen-bond donors (Lipinski definition) is 0. The predicted octanol–water partition coefficient (Wildman–Crippen LogP) is 15.0. The van der Waals surface area contributed by atoms with Crippen LogP contribution in [0.25, 0.3) is 33.4 Å². The van der Waals surface area contributed by atoms with Gasteiger partial charge in [0.25, 0.3) is 0 Å². The maximum Gasteiger partial charge on any atom is 0.0726 e. The van der Waals surface area contributed by atoms with Gasteiger partial charge in [-0.25, -0.2) is 0 Å². The third-order valence-corrected chi connectivity index (χ3v) is 13.6. The van der Waals surface area contributed by atoms with E-state index in [4.69, 9.17) is 0 Å². The SMILES string of the molecule is CCc1ccccc1N(c1ccc2c(c1)C1(c3ccccc3-2)c2cc(C(C)(C)C)ccc2-c2ccc(C(C)(C)C)cc21)c1cccc2c1-c1ccccc1C2(C)C. The number of rotatable bonds is 4. The smallest absolute Gasteiger partial charge is 0.0726 e. The van der Waals surface area contributed by atoms with Crippen LogP contribution in [-0.4, -0.2) is 0 Å². The highest BCUT2D eigenvalue weighted by Gasteiger charge is 2.52. The summed E-state index contributed by atoms with van der Waals surface area (Å²) in [7, 11) is 0. The lowest BCUT2D eigenvalue weighted by molar-refractivity contribution is 0.586. The molecule has 0 N–H and O–H groups in total. The number of hydrogen-bond acceptors (Lipinski definition) is 1. The third kappa shape index (κ3) is 4.94. The highest BCUT2D eigenvalue weighted by molar-refractivity contribution is 5.99. The van der Waals surface area contributed by atoms with Gasteiger partial charge >= 0.3 is 0 Å². The highest BCUT2D eigenvalue weighted by Crippen LogP contribution is 2.64. The van der Waals surface area contributed by atoms with Crippen LogP contribution in [0.2, 0.25) is 0 Å². The van der Waals surface area contributed by atoms with Crippen molar-refractivity contribution >= 4 is 17.1 Å². The Bertz CT molecular complexity index is 2720. The Morgan fingerprint density at radius 3 is 1.56 bits per heavy atom. The van der Waals surface area contributed by atoms with Crippen LogP contribution >= 0.6 is 0 Å². The zero-order chi connectivity index (χ0) is 39.6. The van der Waals surface area contributed by atoms with Gasteiger partial charge in [0, 0.05) is 22.4 Å². The standard InChI is InChI=1S/C56H53N/c1-10-35-18-11-16-24-50(35)57(51-25-17-23-46-52(51)43-20-13-14-21-44(43)55(46,8)9)38-28-31-42-39-19-12-15-22-45(39)56(49(42)34-38)47-32-36(53(2,3)4)26-29-40(47)41-30-27-37(33-48(41)56)54(5,6)7/h11-34H,10H2,1-9H3. The first-order chi connectivity index (χ1) is 27.3. The molecule has 0 atom stereocenters. The van der Waals surface area contributed by atoms with Crippen LogP contribution in [0, 0.1) is 0 Å². The van der Waals surface area contributed by atoms with Gasteiger partial charge in [0.05, 0.1) is 11.1 Å². The Kier molecular flexibility index (Phi) is 7.63. The van der Waals surface area contributed by atoms with Crippen LogP contribution in [0.5, 0.6) is 0 Å². The van der Waals surface area contributed by atoms with Crippen molar-refractivity contribution in [3.8, 4) is 33.4 Å². The number of para-hydroxylation sites is 1. The lowest BCUT2D eigenvalue weighted by atomic mass is 9.68. The summed E-state index contributed by atoms with van der Waals surface area (Å²) in [5, 5.41) is 0. The third-order valence-electron chi connectivity index (χ3n) is 13.6. The Morgan fingerprint density at radius 2 is 0.930 bits per heavy atom. The van der Waals surface area contributed by atoms with E-state index in [1.54, 1.807) is 0 Å². The monoisotopic (exact) mass is 739 g/mol. The van der Waals surface area contributed by atoms with Crippen LogP contribution in [-0.2, 0) is 28.1 Å². The molecule has 0 radical (unpaired) electrons. The van der Waals surface area contributed by atoms with Crippen LogP contribution < -0.4 is 4.90 Å². The maximum atomic E-state index is 2.58. The van der Waals surface area contributed by atoms with E-state index in [-0.39, 0.29) is 16.2 Å². The first kappa shape index (κ1) is 35.7. The van der Waals surface area contributed by atoms with Crippen LogP contribution in [0.1, 0.15) is 112 Å². The van der Waals surface area contributed by atoms with Crippen molar-refractivity contribution in [2.45, 2.75) is 90.4 Å². The Balaban J connectivity index is 1.31. The van der Waals surface area contributed by atoms with Crippen LogP contribution in [0.4, 0.5) is 17.1 Å². The van der Waals surface area contributed by atoms with E-state index in [2.05, 4.69) is 213 Å². The largest absolute Gasteiger partial charge is 0.310 e. The molecule has 1 heteroatoms. The van der Waals surface area contributed by atoms with Crippen molar-refractivity contribution in [2.75, 3.05) is 4.90 Å². The number of aryl methyl sites for hydroxylation is 1. The van der Waals surface area contributed by atoms with Crippen LogP contribution in [0.15, 0.2) is 146 Å². The van der Waals surface area contributed by atoms with E-state index in [1.165, 1.54) is 101 Å². The summed E-state index contributed by atoms with van der Waals surface area (Å²) in [6.45, 7) is 21.1. The minimum Gasteiger partial charge on any atom is -0.310 e. The molecule has 7 aromatic rings. The van der Waals surface area contributed by atoms with E-state index in [0.29, 0.717) is 0 Å². The molecule has 3 aliphatic rings. The molecular formula is C56H53N. The molecule has 0 amide bonds. The summed E-state index contributed by atoms with van der Waals surface area (Å²) in [5.41, 5.74) is 23.5. The molecule has 7 aromatic carbocycles. The molecule has 0 aliphatic heterocycles. The van der Waals surface area contributed by atoms with Gasteiger partial charge in [0.2, 0.25) is 0 Å². The van der Waals surface area contributed by atoms with Crippen LogP contribution in [0.3, 0.4) is 0 Å². The van der Waals surface area contributed by atoms with Crippen molar-refractivity contribution < 1.29 is 0 Å². The fourth-order valence-corrected chi connectivity index (χ4v) is 10.6. The molecule has 282 valence electrons. The first-order valence-electron chi connectivity index (χ1n) is 20.9. The topological polar surface area (TPSA) is 3.24 Å². The minimum absolute atomic E-state index is 0.00276. The Labute approximate surface area is 340 Å². The zero-order valence-electron chi connectivity index (χ0n) is 35.0. The van der Waals surface area contributed by atoms with E-state index in [1.807, 2.05) is 0 Å². The fourth-order valence-electron chi connectivity index (χ4n) is 10.6. The van der Waals surface area contributed by atoms with Crippen molar-refractivity contribution in [2.24, 2.45) is 0 Å². The van der Waals surface area contributed by atoms with E-state index in [9.17, 15) is 0 Å². The summed E-state index contributed by atoms with van der Waals surface area (Å²) in [6, 6.07) is 56.4. The molecule has 0 fully saturated rings. The molecule has 10 rings (SSSR count). The number of anilines is 3. The molecule has 0 aromatic heterocycles. The average molecular weight is 740 g/mol. The van der Waals surface area contributed by atoms with Gasteiger partial charge in [-0.3, -0.25) is 0 Å². The Morgan fingerprint density at radius 1 is 0.439 bits per heavy atom. The summed E-state index contributed by atoms with van der Waals surface area (Å²) in [5.74, 6) is 0. The molecular weight excluding hydrogens is 687 g/mol. The van der Waals surface area contributed by atoms with Crippen molar-refractivity contribution in [1.82, 2.24) is 0 Å². The van der Waals surface area contributed by atoms with E-state index in [0.717, 1.165) is 6.42 Å². The second kappa shape index (κ2) is 12.2. The molecule has 0 saturated carbocycles. The maximum absolute atomic E-state index is 2.58. The first-order valence-corrected chi connectivity index (χ1v) is 20.9. The Hall–Kier alpha value is -5.66. The van der Waals surface area contributed by atoms with E-state index >= 15 is 0 Å². The molecule has 0 saturated heterocycles. The zero-order valence-corrected chi connectivity index (χ0v) is 35.0. The van der Waals surface area contributed by atoms with E-state index < -0.39 is 5.41 Å². The molecule has 57 heavy (non-hydrogen) atoms. The van der Waals surface area contributed by atoms with Crippen molar-refractivity contribution in [3.63, 3.8) is 0 Å². The van der Waals surface area contributed by atoms with Gasteiger partial charge in [-0.15, -0.1) is 0 Å². The van der Waals surface area contributed by atoms with Gasteiger partial charge in [0.1, 0.15) is 0 Å². The van der Waals surface area contributed by atoms with Crippen molar-refractivity contribution in [3.05, 3.63) is 196 Å². The van der Waals surface area contributed by atoms with Gasteiger partial charge < -0.3 is 4.90 Å². The summed E-state index contributed by atoms with van der Waals surface area (Å²) < 4.78 is 0. The summed E-state index contributed by atoms with van der Waals surface area (Å²) in [6.07, 6.45) is 0.940. The lowest BCUT2D eigenvalue weighted by Gasteiger charge is -2.34. The predicted molar refractivity (Wildman–Crippen MR) is 242 cm³/mol. The number of nitrogens with zero attached hydrogens (tertiary/aromatic N) is 1. The van der Waals surface area contributed by atoms with Crippen molar-refractivity contribution in [1.29, 1.82) is 0 Å². The van der Waals surface area contributed by atoms with Gasteiger partial charge in [-0.05, 0) is 119 Å². The molecule has 1 nitrogen and oxygen atoms in total. The molecule has 0 heterocycles. The number of fused-ring (bicyclic) bond motifs is 13. The van der Waals surface area contributed by atoms with Gasteiger partial charge in [0.15, 0.2) is 0 Å². The molecule has 3 aliphatic carbocycles. The quantitative estimate of drug-likeness (QED) is 0.174. The molecule has 0 unspecified atom stereocenters. The second-order valence-corrected chi connectivity index (χ2v) is 19.2. The van der Waals surface area contributed by atoms with Gasteiger partial charge in [-0.1, -0.05) is 184 Å². The number of benzene rings is 7. The normalized spacial score (nSPS) is 15.1. The summed E-state index contributed by atoms with van der Waals surface area (Å²) in [4.78, 5) is 2.58.